The van der Waals surface area contributed by atoms with Crippen LogP contribution in [-0.2, 0) is 20.1 Å². The van der Waals surface area contributed by atoms with Gasteiger partial charge in [-0.1, -0.05) is 77.4 Å². The third-order valence-electron chi connectivity index (χ3n) is 6.70. The number of hydrogen-bond donors (Lipinski definition) is 0. The first-order valence-electron chi connectivity index (χ1n) is 16.1. The Labute approximate surface area is 290 Å². The Bertz CT molecular complexity index is 1940. The van der Waals surface area contributed by atoms with E-state index in [0.717, 1.165) is 50.6 Å². The topological polar surface area (TPSA) is 38.7 Å². The number of benzene rings is 4. The van der Waals surface area contributed by atoms with Gasteiger partial charge in [-0.25, -0.2) is 0 Å². The van der Waals surface area contributed by atoms with Gasteiger partial charge in [0, 0.05) is 21.7 Å². The van der Waals surface area contributed by atoms with E-state index in [4.69, 9.17) is 4.11 Å². The Kier molecular flexibility index (Phi) is 11.3. The van der Waals surface area contributed by atoms with E-state index >= 15 is 0 Å². The van der Waals surface area contributed by atoms with Gasteiger partial charge in [-0.3, -0.25) is 0 Å². The Balaban J connectivity index is 0.000000173. The summed E-state index contributed by atoms with van der Waals surface area (Å²) in [5.41, 5.74) is 10.0. The maximum Gasteiger partial charge on any atom is 3.00 e. The molecule has 0 saturated heterocycles. The Hall–Kier alpha value is -5.02. The van der Waals surface area contributed by atoms with Crippen molar-refractivity contribution in [3.05, 3.63) is 187 Å². The molecule has 0 aliphatic rings. The molecule has 0 spiro atoms. The van der Waals surface area contributed by atoms with Crippen LogP contribution < -0.4 is 0 Å². The van der Waals surface area contributed by atoms with E-state index in [1.54, 1.807) is 6.07 Å². The van der Waals surface area contributed by atoms with Gasteiger partial charge in [0.05, 0.1) is 0 Å². The molecule has 3 heterocycles. The largest absolute Gasteiger partial charge is 3.00 e. The number of aryl methyl sites for hydroxylation is 3. The van der Waals surface area contributed by atoms with Crippen molar-refractivity contribution in [1.82, 2.24) is 15.0 Å². The van der Waals surface area contributed by atoms with Crippen LogP contribution >= 0.6 is 0 Å². The van der Waals surface area contributed by atoms with Crippen molar-refractivity contribution >= 4 is 0 Å². The fourth-order valence-corrected chi connectivity index (χ4v) is 4.46. The third-order valence-corrected chi connectivity index (χ3v) is 6.70. The van der Waals surface area contributed by atoms with Crippen LogP contribution in [0.15, 0.2) is 152 Å². The van der Waals surface area contributed by atoms with Gasteiger partial charge in [-0.15, -0.1) is 102 Å². The molecular formula is C42H34IrN3. The van der Waals surface area contributed by atoms with E-state index in [1.807, 2.05) is 147 Å². The molecule has 7 aromatic rings. The molecule has 0 atom stereocenters. The first kappa shape index (κ1) is 29.7. The maximum absolute atomic E-state index is 7.47. The van der Waals surface area contributed by atoms with Gasteiger partial charge >= 0.3 is 20.1 Å². The molecule has 0 aliphatic heterocycles. The summed E-state index contributed by atoms with van der Waals surface area (Å²) in [5.74, 6) is 0. The van der Waals surface area contributed by atoms with Crippen LogP contribution in [0.25, 0.3) is 44.9 Å². The first-order valence-corrected chi connectivity index (χ1v) is 14.6. The summed E-state index contributed by atoms with van der Waals surface area (Å²) in [6.45, 7) is 1.86. The van der Waals surface area contributed by atoms with Gasteiger partial charge in [-0.2, -0.15) is 0 Å². The van der Waals surface area contributed by atoms with Gasteiger partial charge in [0.15, 0.2) is 0 Å². The molecule has 226 valence electrons. The van der Waals surface area contributed by atoms with Crippen LogP contribution in [0.2, 0.25) is 0 Å². The SMILES string of the molecule is Cc1cccc(-c2[c-]cccc2)n1.Cc1cccc(-c2[c-]cccc2)n1.[2H]C([2H])([2H])c1ccnc(-c2[c-]cc(-c3ccccc3)cc2)c1.[Ir+3]. The van der Waals surface area contributed by atoms with Gasteiger partial charge in [0.25, 0.3) is 0 Å². The van der Waals surface area contributed by atoms with E-state index in [0.29, 0.717) is 5.69 Å². The zero-order valence-corrected chi connectivity index (χ0v) is 28.0. The molecule has 4 aromatic carbocycles. The standard InChI is InChI=1S/C18H14N.2C12H10N.Ir/c1-14-11-12-19-18(13-14)17-9-7-16(8-10-17)15-5-3-2-4-6-15;2*1-10-6-5-9-12(13-10)11-7-3-2-4-8-11;/h2-9,11-13H,1H3;2*2-7,9H,1H3;/q3*-1;+3/i1D3;;;. The Morgan fingerprint density at radius 3 is 1.61 bits per heavy atom. The van der Waals surface area contributed by atoms with E-state index in [-0.39, 0.29) is 25.7 Å². The van der Waals surface area contributed by atoms with E-state index in [9.17, 15) is 0 Å². The maximum atomic E-state index is 7.47. The molecule has 0 aliphatic carbocycles. The van der Waals surface area contributed by atoms with Crippen LogP contribution in [-0.4, -0.2) is 15.0 Å². The third kappa shape index (κ3) is 10.0. The van der Waals surface area contributed by atoms with Gasteiger partial charge in [0.2, 0.25) is 0 Å². The van der Waals surface area contributed by atoms with Crippen molar-refractivity contribution in [3.63, 3.8) is 0 Å². The number of aromatic nitrogens is 3. The van der Waals surface area contributed by atoms with Crippen LogP contribution in [0.3, 0.4) is 0 Å². The second-order valence-corrected chi connectivity index (χ2v) is 10.2. The molecule has 0 radical (unpaired) electrons. The summed E-state index contributed by atoms with van der Waals surface area (Å²) >= 11 is 0. The number of pyridine rings is 3. The van der Waals surface area contributed by atoms with Gasteiger partial charge in [-0.05, 0) is 56.0 Å². The van der Waals surface area contributed by atoms with Crippen molar-refractivity contribution in [2.45, 2.75) is 20.7 Å². The summed E-state index contributed by atoms with van der Waals surface area (Å²) in [4.78, 5) is 13.1. The van der Waals surface area contributed by atoms with Crippen molar-refractivity contribution in [2.24, 2.45) is 0 Å². The molecule has 3 aromatic heterocycles. The molecule has 0 saturated carbocycles. The molecule has 7 rings (SSSR count). The normalized spacial score (nSPS) is 11.1. The molecule has 0 bridgehead atoms. The zero-order valence-electron chi connectivity index (χ0n) is 28.6. The van der Waals surface area contributed by atoms with Crippen LogP contribution in [0, 0.1) is 38.9 Å². The number of nitrogens with zero attached hydrogens (tertiary/aromatic N) is 3. The van der Waals surface area contributed by atoms with E-state index < -0.39 is 6.85 Å². The Morgan fingerprint density at radius 1 is 0.522 bits per heavy atom. The quantitative estimate of drug-likeness (QED) is 0.167. The van der Waals surface area contributed by atoms with Crippen LogP contribution in [0.4, 0.5) is 0 Å². The number of rotatable bonds is 4. The van der Waals surface area contributed by atoms with Crippen molar-refractivity contribution < 1.29 is 24.2 Å². The fourth-order valence-electron chi connectivity index (χ4n) is 4.46. The second kappa shape index (κ2) is 17.5. The average Bonchev–Trinajstić information content (AvgIpc) is 3.13. The minimum atomic E-state index is -2.12. The molecule has 0 amide bonds. The fraction of sp³-hybridized carbons (Fsp3) is 0.0714. The summed E-state index contributed by atoms with van der Waals surface area (Å²) in [6.07, 6.45) is 1.52. The number of hydrogen-bond acceptors (Lipinski definition) is 3. The van der Waals surface area contributed by atoms with E-state index in [2.05, 4.69) is 33.2 Å². The summed E-state index contributed by atoms with van der Waals surface area (Å²) < 4.78 is 22.4. The summed E-state index contributed by atoms with van der Waals surface area (Å²) in [6, 6.07) is 56.2. The molecule has 0 fully saturated rings. The van der Waals surface area contributed by atoms with Crippen molar-refractivity contribution in [1.29, 1.82) is 0 Å². The molecule has 4 heteroatoms. The molecular weight excluding hydrogens is 739 g/mol. The molecule has 46 heavy (non-hydrogen) atoms. The average molecular weight is 776 g/mol. The Morgan fingerprint density at radius 2 is 1.11 bits per heavy atom. The molecule has 3 nitrogen and oxygen atoms in total. The monoisotopic (exact) mass is 776 g/mol. The predicted molar refractivity (Wildman–Crippen MR) is 185 cm³/mol. The minimum absolute atomic E-state index is 0. The molecule has 0 N–H and O–H groups in total. The van der Waals surface area contributed by atoms with Crippen LogP contribution in [0.5, 0.6) is 0 Å². The smallest absolute Gasteiger partial charge is 0.305 e. The second-order valence-electron chi connectivity index (χ2n) is 10.2. The minimum Gasteiger partial charge on any atom is -0.305 e. The van der Waals surface area contributed by atoms with Crippen molar-refractivity contribution in [3.8, 4) is 44.9 Å². The van der Waals surface area contributed by atoms with Gasteiger partial charge in [0.1, 0.15) is 0 Å². The van der Waals surface area contributed by atoms with Crippen LogP contribution in [0.1, 0.15) is 21.1 Å². The first-order chi connectivity index (χ1) is 23.3. The van der Waals surface area contributed by atoms with Crippen molar-refractivity contribution in [2.75, 3.05) is 0 Å². The summed E-state index contributed by atoms with van der Waals surface area (Å²) in [5, 5.41) is 0. The summed E-state index contributed by atoms with van der Waals surface area (Å²) in [7, 11) is 0. The van der Waals surface area contributed by atoms with Gasteiger partial charge < -0.3 is 15.0 Å². The zero-order chi connectivity index (χ0) is 33.8. The van der Waals surface area contributed by atoms with E-state index in [1.165, 1.54) is 12.3 Å². The predicted octanol–water partition coefficient (Wildman–Crippen LogP) is 10.2. The molecule has 0 unspecified atom stereocenters.